The molecule has 0 aliphatic carbocycles. The average Bonchev–Trinajstić information content (AvgIpc) is 2.62. The van der Waals surface area contributed by atoms with Crippen molar-refractivity contribution >= 4 is 46.3 Å². The second-order valence-corrected chi connectivity index (χ2v) is 7.28. The van der Waals surface area contributed by atoms with Crippen molar-refractivity contribution in [3.05, 3.63) is 20.3 Å². The van der Waals surface area contributed by atoms with E-state index in [1.165, 1.54) is 36.4 Å². The van der Waals surface area contributed by atoms with Gasteiger partial charge in [-0.15, -0.1) is 11.3 Å². The fraction of sp³-hybridized carbons (Fsp3) is 0.667. The molecule has 0 saturated carbocycles. The lowest BCUT2D eigenvalue weighted by atomic mass is 10.1. The fourth-order valence-corrected chi connectivity index (χ4v) is 3.76. The summed E-state index contributed by atoms with van der Waals surface area (Å²) in [4.78, 5) is 0. The number of nitrogens with one attached hydrogen (secondary N) is 1. The van der Waals surface area contributed by atoms with Gasteiger partial charge in [0.05, 0.1) is 8.67 Å². The molecule has 1 rings (SSSR count). The number of rotatable bonds is 8. The summed E-state index contributed by atoms with van der Waals surface area (Å²) in [5.74, 6) is 1.27. The van der Waals surface area contributed by atoms with Crippen molar-refractivity contribution in [3.63, 3.8) is 0 Å². The van der Waals surface area contributed by atoms with Gasteiger partial charge in [-0.1, -0.05) is 29.6 Å². The Labute approximate surface area is 122 Å². The zero-order valence-corrected chi connectivity index (χ0v) is 13.4. The van der Waals surface area contributed by atoms with Crippen LogP contribution in [0.1, 0.15) is 37.8 Å². The molecular formula is C12H19Cl2NS2. The molecule has 0 spiro atoms. The Morgan fingerprint density at radius 2 is 2.12 bits per heavy atom. The molecule has 1 aromatic heterocycles. The van der Waals surface area contributed by atoms with Gasteiger partial charge in [0.15, 0.2) is 0 Å². The van der Waals surface area contributed by atoms with Crippen LogP contribution in [0.4, 0.5) is 0 Å². The van der Waals surface area contributed by atoms with Gasteiger partial charge >= 0.3 is 0 Å². The van der Waals surface area contributed by atoms with E-state index >= 15 is 0 Å². The van der Waals surface area contributed by atoms with Crippen LogP contribution in [0, 0.1) is 0 Å². The van der Waals surface area contributed by atoms with E-state index in [9.17, 15) is 0 Å². The van der Waals surface area contributed by atoms with Gasteiger partial charge in [-0.3, -0.25) is 0 Å². The third kappa shape index (κ3) is 5.84. The molecule has 0 bridgehead atoms. The van der Waals surface area contributed by atoms with Crippen LogP contribution in [0.15, 0.2) is 6.07 Å². The zero-order chi connectivity index (χ0) is 12.7. The van der Waals surface area contributed by atoms with Gasteiger partial charge in [0, 0.05) is 6.04 Å². The van der Waals surface area contributed by atoms with Crippen LogP contribution in [-0.4, -0.2) is 18.6 Å². The van der Waals surface area contributed by atoms with Crippen LogP contribution in [0.3, 0.4) is 0 Å². The van der Waals surface area contributed by atoms with E-state index in [0.717, 1.165) is 20.8 Å². The minimum Gasteiger partial charge on any atom is -0.310 e. The molecule has 17 heavy (non-hydrogen) atoms. The molecule has 0 radical (unpaired) electrons. The maximum Gasteiger partial charge on any atom is 0.0991 e. The largest absolute Gasteiger partial charge is 0.310 e. The second kappa shape index (κ2) is 8.65. The van der Waals surface area contributed by atoms with Crippen molar-refractivity contribution in [1.82, 2.24) is 5.32 Å². The van der Waals surface area contributed by atoms with Crippen LogP contribution in [0.25, 0.3) is 0 Å². The van der Waals surface area contributed by atoms with Crippen LogP contribution in [0.5, 0.6) is 0 Å². The highest BCUT2D eigenvalue weighted by atomic mass is 35.5. The number of hydrogen-bond donors (Lipinski definition) is 1. The SMILES string of the molecule is CSCCCCCNC(C)c1cc(Cl)sc1Cl. The first-order valence-electron chi connectivity index (χ1n) is 5.82. The van der Waals surface area contributed by atoms with Crippen molar-refractivity contribution in [2.24, 2.45) is 0 Å². The molecule has 0 amide bonds. The van der Waals surface area contributed by atoms with Crippen molar-refractivity contribution < 1.29 is 0 Å². The molecule has 1 unspecified atom stereocenters. The number of hydrogen-bond acceptors (Lipinski definition) is 3. The van der Waals surface area contributed by atoms with Gasteiger partial charge in [-0.05, 0) is 49.9 Å². The molecule has 98 valence electrons. The third-order valence-corrected chi connectivity index (χ3v) is 4.84. The van der Waals surface area contributed by atoms with Gasteiger partial charge in [0.1, 0.15) is 0 Å². The van der Waals surface area contributed by atoms with E-state index in [2.05, 4.69) is 18.5 Å². The van der Waals surface area contributed by atoms with Crippen LogP contribution >= 0.6 is 46.3 Å². The molecule has 0 aliphatic heterocycles. The first-order valence-corrected chi connectivity index (χ1v) is 8.79. The number of unbranched alkanes of at least 4 members (excludes halogenated alkanes) is 2. The lowest BCUT2D eigenvalue weighted by Crippen LogP contribution is -2.19. The maximum absolute atomic E-state index is 6.11. The average molecular weight is 312 g/mol. The first kappa shape index (κ1) is 15.6. The lowest BCUT2D eigenvalue weighted by Gasteiger charge is -2.12. The predicted octanol–water partition coefficient (Wildman–Crippen LogP) is 5.24. The van der Waals surface area contributed by atoms with Gasteiger partial charge in [-0.2, -0.15) is 11.8 Å². The van der Waals surface area contributed by atoms with Gasteiger partial charge in [0.2, 0.25) is 0 Å². The van der Waals surface area contributed by atoms with Crippen LogP contribution in [0.2, 0.25) is 8.67 Å². The Bertz CT molecular complexity index is 328. The second-order valence-electron chi connectivity index (χ2n) is 4.01. The summed E-state index contributed by atoms with van der Waals surface area (Å²) in [5, 5.41) is 3.49. The highest BCUT2D eigenvalue weighted by molar-refractivity contribution is 7.98. The Balaban J connectivity index is 2.21. The minimum absolute atomic E-state index is 0.284. The van der Waals surface area contributed by atoms with Crippen molar-refractivity contribution in [3.8, 4) is 0 Å². The summed E-state index contributed by atoms with van der Waals surface area (Å²) < 4.78 is 1.57. The minimum atomic E-state index is 0.284. The fourth-order valence-electron chi connectivity index (χ4n) is 1.62. The van der Waals surface area contributed by atoms with Crippen LogP contribution in [-0.2, 0) is 0 Å². The third-order valence-electron chi connectivity index (χ3n) is 2.63. The van der Waals surface area contributed by atoms with E-state index in [0.29, 0.717) is 0 Å². The molecule has 5 heteroatoms. The molecule has 0 saturated heterocycles. The summed E-state index contributed by atoms with van der Waals surface area (Å²) in [7, 11) is 0. The first-order chi connectivity index (χ1) is 8.15. The number of thiophene rings is 1. The van der Waals surface area contributed by atoms with E-state index in [1.54, 1.807) is 0 Å². The summed E-state index contributed by atoms with van der Waals surface area (Å²) in [5.41, 5.74) is 1.12. The Kier molecular flexibility index (Phi) is 7.96. The topological polar surface area (TPSA) is 12.0 Å². The zero-order valence-electron chi connectivity index (χ0n) is 10.3. The molecule has 0 aliphatic rings. The molecule has 1 nitrogen and oxygen atoms in total. The molecule has 1 heterocycles. The van der Waals surface area contributed by atoms with E-state index in [4.69, 9.17) is 23.2 Å². The number of thioether (sulfide) groups is 1. The standard InChI is InChI=1S/C12H19Cl2NS2/c1-9(10-8-11(13)17-12(10)14)15-6-4-3-5-7-16-2/h8-9,15H,3-7H2,1-2H3. The quantitative estimate of drug-likeness (QED) is 0.659. The Hall–Kier alpha value is 0.590. The monoisotopic (exact) mass is 311 g/mol. The molecule has 0 fully saturated rings. The Morgan fingerprint density at radius 3 is 2.71 bits per heavy atom. The van der Waals surface area contributed by atoms with Crippen molar-refractivity contribution in [2.75, 3.05) is 18.6 Å². The van der Waals surface area contributed by atoms with Crippen molar-refractivity contribution in [2.45, 2.75) is 32.2 Å². The highest BCUT2D eigenvalue weighted by Gasteiger charge is 2.12. The predicted molar refractivity (Wildman–Crippen MR) is 83.0 cm³/mol. The molecule has 1 atom stereocenters. The van der Waals surface area contributed by atoms with E-state index in [-0.39, 0.29) is 6.04 Å². The maximum atomic E-state index is 6.11. The molecule has 1 aromatic rings. The molecule has 1 N–H and O–H groups in total. The summed E-state index contributed by atoms with van der Waals surface area (Å²) in [6.45, 7) is 3.17. The summed E-state index contributed by atoms with van der Waals surface area (Å²) in [6.07, 6.45) is 5.98. The summed E-state index contributed by atoms with van der Waals surface area (Å²) >= 11 is 15.4. The molecule has 0 aromatic carbocycles. The highest BCUT2D eigenvalue weighted by Crippen LogP contribution is 2.34. The smallest absolute Gasteiger partial charge is 0.0991 e. The van der Waals surface area contributed by atoms with E-state index in [1.807, 2.05) is 17.8 Å². The normalized spacial score (nSPS) is 12.9. The van der Waals surface area contributed by atoms with Gasteiger partial charge < -0.3 is 5.32 Å². The Morgan fingerprint density at radius 1 is 1.35 bits per heavy atom. The van der Waals surface area contributed by atoms with Gasteiger partial charge in [0.25, 0.3) is 0 Å². The lowest BCUT2D eigenvalue weighted by molar-refractivity contribution is 0.546. The van der Waals surface area contributed by atoms with Crippen LogP contribution < -0.4 is 5.32 Å². The van der Waals surface area contributed by atoms with E-state index < -0.39 is 0 Å². The number of halogens is 2. The summed E-state index contributed by atoms with van der Waals surface area (Å²) in [6, 6.07) is 2.24. The van der Waals surface area contributed by atoms with Crippen molar-refractivity contribution in [1.29, 1.82) is 0 Å². The van der Waals surface area contributed by atoms with Gasteiger partial charge in [-0.25, -0.2) is 0 Å². The molecular weight excluding hydrogens is 293 g/mol.